The largest absolute Gasteiger partial charge is 0.444 e. The van der Waals surface area contributed by atoms with E-state index in [1.807, 2.05) is 0 Å². The van der Waals surface area contributed by atoms with Gasteiger partial charge < -0.3 is 15.0 Å². The van der Waals surface area contributed by atoms with E-state index < -0.39 is 11.7 Å². The zero-order valence-corrected chi connectivity index (χ0v) is 11.8. The topological polar surface area (TPSA) is 58.6 Å². The summed E-state index contributed by atoms with van der Waals surface area (Å²) >= 11 is 0. The number of piperidine rings is 1. The summed E-state index contributed by atoms with van der Waals surface area (Å²) in [6, 6.07) is 0. The van der Waals surface area contributed by atoms with E-state index in [1.165, 1.54) is 0 Å². The molecule has 5 nitrogen and oxygen atoms in total. The number of ether oxygens (including phenoxy) is 1. The van der Waals surface area contributed by atoms with Gasteiger partial charge in [-0.1, -0.05) is 6.92 Å². The molecule has 1 fully saturated rings. The zero-order chi connectivity index (χ0) is 13.8. The number of hydrogen-bond donors (Lipinski definition) is 1. The minimum atomic E-state index is -0.541. The van der Waals surface area contributed by atoms with Crippen molar-refractivity contribution >= 4 is 12.0 Å². The third-order valence-corrected chi connectivity index (χ3v) is 2.92. The van der Waals surface area contributed by atoms with Crippen molar-refractivity contribution in [2.75, 3.05) is 19.6 Å². The van der Waals surface area contributed by atoms with Crippen molar-refractivity contribution in [3.05, 3.63) is 0 Å². The fourth-order valence-corrected chi connectivity index (χ4v) is 1.83. The number of nitrogens with one attached hydrogen (secondary N) is 1. The number of likely N-dealkylation sites (tertiary alicyclic amines) is 1. The fraction of sp³-hybridized carbons (Fsp3) is 0.846. The number of hydrogen-bond acceptors (Lipinski definition) is 3. The lowest BCUT2D eigenvalue weighted by Crippen LogP contribution is -2.44. The Morgan fingerprint density at radius 2 is 1.83 bits per heavy atom. The van der Waals surface area contributed by atoms with E-state index in [4.69, 9.17) is 4.74 Å². The number of carbonyl (C=O) groups excluding carboxylic acids is 2. The monoisotopic (exact) mass is 256 g/mol. The molecule has 0 spiro atoms. The molecule has 5 heteroatoms. The summed E-state index contributed by atoms with van der Waals surface area (Å²) in [7, 11) is 0. The number of rotatable bonds is 2. The summed E-state index contributed by atoms with van der Waals surface area (Å²) in [5, 5.41) is 2.50. The highest BCUT2D eigenvalue weighted by molar-refractivity contribution is 5.82. The average molecular weight is 256 g/mol. The molecule has 0 aromatic carbocycles. The van der Waals surface area contributed by atoms with Crippen molar-refractivity contribution in [2.24, 2.45) is 5.92 Å². The van der Waals surface area contributed by atoms with Gasteiger partial charge in [-0.15, -0.1) is 0 Å². The molecule has 2 amide bonds. The average Bonchev–Trinajstić information content (AvgIpc) is 2.24. The highest BCUT2D eigenvalue weighted by Crippen LogP contribution is 2.15. The molecule has 18 heavy (non-hydrogen) atoms. The molecule has 1 N–H and O–H groups in total. The van der Waals surface area contributed by atoms with E-state index in [-0.39, 0.29) is 12.5 Å². The fourth-order valence-electron chi connectivity index (χ4n) is 1.83. The predicted octanol–water partition coefficient (Wildman–Crippen LogP) is 1.77. The third-order valence-electron chi connectivity index (χ3n) is 2.92. The first-order valence-electron chi connectivity index (χ1n) is 6.52. The van der Waals surface area contributed by atoms with Crippen LogP contribution in [0.25, 0.3) is 0 Å². The lowest BCUT2D eigenvalue weighted by atomic mass is 9.99. The Kier molecular flexibility index (Phi) is 4.99. The van der Waals surface area contributed by atoms with Crippen LogP contribution < -0.4 is 5.32 Å². The van der Waals surface area contributed by atoms with Crippen molar-refractivity contribution < 1.29 is 14.3 Å². The van der Waals surface area contributed by atoms with Gasteiger partial charge in [-0.2, -0.15) is 0 Å². The Morgan fingerprint density at radius 1 is 1.28 bits per heavy atom. The second-order valence-corrected chi connectivity index (χ2v) is 5.92. The Bertz CT molecular complexity index is 302. The predicted molar refractivity (Wildman–Crippen MR) is 69.2 cm³/mol. The smallest absolute Gasteiger partial charge is 0.408 e. The van der Waals surface area contributed by atoms with Gasteiger partial charge in [-0.05, 0) is 39.5 Å². The SMILES string of the molecule is CC1CCN(C(=O)CNC(=O)OC(C)(C)C)CC1. The first kappa shape index (κ1) is 14.8. The van der Waals surface area contributed by atoms with Crippen LogP contribution in [0.3, 0.4) is 0 Å². The summed E-state index contributed by atoms with van der Waals surface area (Å²) in [6.07, 6.45) is 1.54. The molecule has 0 unspecified atom stereocenters. The molecule has 0 bridgehead atoms. The molecule has 0 saturated carbocycles. The van der Waals surface area contributed by atoms with Gasteiger partial charge in [-0.3, -0.25) is 4.79 Å². The van der Waals surface area contributed by atoms with Crippen LogP contribution >= 0.6 is 0 Å². The first-order chi connectivity index (χ1) is 8.28. The standard InChI is InChI=1S/C13H24N2O3/c1-10-5-7-15(8-6-10)11(16)9-14-12(17)18-13(2,3)4/h10H,5-9H2,1-4H3,(H,14,17). The molecule has 1 rings (SSSR count). The minimum Gasteiger partial charge on any atom is -0.444 e. The van der Waals surface area contributed by atoms with Crippen LogP contribution in [0.5, 0.6) is 0 Å². The zero-order valence-electron chi connectivity index (χ0n) is 11.8. The van der Waals surface area contributed by atoms with Crippen LogP contribution in [0.15, 0.2) is 0 Å². The van der Waals surface area contributed by atoms with Gasteiger partial charge >= 0.3 is 6.09 Å². The Balaban J connectivity index is 2.27. The van der Waals surface area contributed by atoms with Crippen LogP contribution in [-0.2, 0) is 9.53 Å². The molecule has 1 saturated heterocycles. The summed E-state index contributed by atoms with van der Waals surface area (Å²) in [5.41, 5.74) is -0.534. The maximum absolute atomic E-state index is 11.8. The number of amides is 2. The minimum absolute atomic E-state index is 0.0172. The maximum atomic E-state index is 11.8. The molecule has 1 aliphatic heterocycles. The normalized spacial score (nSPS) is 17.4. The van der Waals surface area contributed by atoms with Crippen molar-refractivity contribution in [1.29, 1.82) is 0 Å². The second-order valence-electron chi connectivity index (χ2n) is 5.92. The van der Waals surface area contributed by atoms with Crippen molar-refractivity contribution in [1.82, 2.24) is 10.2 Å². The van der Waals surface area contributed by atoms with Crippen molar-refractivity contribution in [3.63, 3.8) is 0 Å². The van der Waals surface area contributed by atoms with Gasteiger partial charge in [0.1, 0.15) is 12.1 Å². The molecular weight excluding hydrogens is 232 g/mol. The van der Waals surface area contributed by atoms with Gasteiger partial charge in [0, 0.05) is 13.1 Å². The van der Waals surface area contributed by atoms with Gasteiger partial charge in [0.15, 0.2) is 0 Å². The Hall–Kier alpha value is -1.26. The van der Waals surface area contributed by atoms with Crippen LogP contribution in [-0.4, -0.2) is 42.1 Å². The molecule has 1 heterocycles. The lowest BCUT2D eigenvalue weighted by molar-refractivity contribution is -0.131. The summed E-state index contributed by atoms with van der Waals surface area (Å²) in [5.74, 6) is 0.653. The van der Waals surface area contributed by atoms with E-state index in [2.05, 4.69) is 12.2 Å². The van der Waals surface area contributed by atoms with E-state index in [0.717, 1.165) is 25.9 Å². The van der Waals surface area contributed by atoms with E-state index >= 15 is 0 Å². The Morgan fingerprint density at radius 3 is 2.33 bits per heavy atom. The third kappa shape index (κ3) is 5.38. The van der Waals surface area contributed by atoms with Crippen molar-refractivity contribution in [2.45, 2.75) is 46.1 Å². The lowest BCUT2D eigenvalue weighted by Gasteiger charge is -2.30. The molecule has 104 valence electrons. The van der Waals surface area contributed by atoms with Crippen LogP contribution in [0.1, 0.15) is 40.5 Å². The van der Waals surface area contributed by atoms with Gasteiger partial charge in [0.05, 0.1) is 0 Å². The number of carbonyl (C=O) groups is 2. The van der Waals surface area contributed by atoms with E-state index in [9.17, 15) is 9.59 Å². The number of nitrogens with zero attached hydrogens (tertiary/aromatic N) is 1. The van der Waals surface area contributed by atoms with E-state index in [0.29, 0.717) is 5.92 Å². The van der Waals surface area contributed by atoms with Gasteiger partial charge in [0.25, 0.3) is 0 Å². The van der Waals surface area contributed by atoms with Gasteiger partial charge in [0.2, 0.25) is 5.91 Å². The maximum Gasteiger partial charge on any atom is 0.408 e. The quantitative estimate of drug-likeness (QED) is 0.819. The summed E-state index contributed by atoms with van der Waals surface area (Å²) in [4.78, 5) is 25.0. The van der Waals surface area contributed by atoms with Gasteiger partial charge in [-0.25, -0.2) is 4.79 Å². The molecule has 0 aromatic rings. The number of alkyl carbamates (subject to hydrolysis) is 1. The molecular formula is C13H24N2O3. The highest BCUT2D eigenvalue weighted by Gasteiger charge is 2.21. The molecule has 0 radical (unpaired) electrons. The molecule has 0 aromatic heterocycles. The van der Waals surface area contributed by atoms with Crippen molar-refractivity contribution in [3.8, 4) is 0 Å². The highest BCUT2D eigenvalue weighted by atomic mass is 16.6. The first-order valence-corrected chi connectivity index (χ1v) is 6.52. The molecule has 1 aliphatic rings. The summed E-state index contributed by atoms with van der Waals surface area (Å²) in [6.45, 7) is 9.16. The van der Waals surface area contributed by atoms with E-state index in [1.54, 1.807) is 25.7 Å². The Labute approximate surface area is 109 Å². The molecule has 0 atom stereocenters. The van der Waals surface area contributed by atoms with Crippen LogP contribution in [0.4, 0.5) is 4.79 Å². The summed E-state index contributed by atoms with van der Waals surface area (Å²) < 4.78 is 5.07. The second kappa shape index (κ2) is 6.07. The molecule has 0 aliphatic carbocycles. The van der Waals surface area contributed by atoms with Crippen LogP contribution in [0.2, 0.25) is 0 Å². The van der Waals surface area contributed by atoms with Crippen LogP contribution in [0, 0.1) is 5.92 Å².